The van der Waals surface area contributed by atoms with Crippen LogP contribution < -0.4 is 5.32 Å². The molecule has 1 N–H and O–H groups in total. The van der Waals surface area contributed by atoms with Crippen molar-refractivity contribution < 1.29 is 13.9 Å². The van der Waals surface area contributed by atoms with Crippen molar-refractivity contribution in [1.29, 1.82) is 0 Å². The topological polar surface area (TPSA) is 54.7 Å². The summed E-state index contributed by atoms with van der Waals surface area (Å²) in [6.45, 7) is 10.1. The van der Waals surface area contributed by atoms with Crippen LogP contribution in [0.5, 0.6) is 0 Å². The molecule has 2 heterocycles. The molecule has 5 nitrogen and oxygen atoms in total. The Bertz CT molecular complexity index is 719. The molecule has 1 aromatic carbocycles. The highest BCUT2D eigenvalue weighted by Gasteiger charge is 2.26. The summed E-state index contributed by atoms with van der Waals surface area (Å²) >= 11 is 0. The van der Waals surface area contributed by atoms with Gasteiger partial charge in [0.25, 0.3) is 0 Å². The van der Waals surface area contributed by atoms with Gasteiger partial charge in [-0.3, -0.25) is 9.69 Å². The lowest BCUT2D eigenvalue weighted by Gasteiger charge is -2.33. The van der Waals surface area contributed by atoms with Gasteiger partial charge in [-0.05, 0) is 36.5 Å². The van der Waals surface area contributed by atoms with Crippen molar-refractivity contribution in [2.24, 2.45) is 5.92 Å². The SMILES string of the molecule is Cc1ccc(C(CC(=O)NCC(c2ccco2)N2CCOCC2)C(C)C)cc1. The second kappa shape index (κ2) is 9.89. The monoisotopic (exact) mass is 384 g/mol. The highest BCUT2D eigenvalue weighted by atomic mass is 16.5. The number of nitrogens with one attached hydrogen (secondary N) is 1. The molecule has 5 heteroatoms. The summed E-state index contributed by atoms with van der Waals surface area (Å²) in [4.78, 5) is 15.1. The Morgan fingerprint density at radius 3 is 2.46 bits per heavy atom. The molecular formula is C23H32N2O3. The van der Waals surface area contributed by atoms with E-state index in [0.717, 1.165) is 18.8 Å². The molecule has 0 saturated carbocycles. The quantitative estimate of drug-likeness (QED) is 0.750. The Hall–Kier alpha value is -2.11. The van der Waals surface area contributed by atoms with E-state index in [0.29, 0.717) is 32.1 Å². The number of carbonyl (C=O) groups is 1. The van der Waals surface area contributed by atoms with Crippen molar-refractivity contribution in [1.82, 2.24) is 10.2 Å². The largest absolute Gasteiger partial charge is 0.468 e. The predicted molar refractivity (Wildman–Crippen MR) is 110 cm³/mol. The molecule has 2 atom stereocenters. The van der Waals surface area contributed by atoms with Gasteiger partial charge >= 0.3 is 0 Å². The first-order valence-electron chi connectivity index (χ1n) is 10.2. The third-order valence-electron chi connectivity index (χ3n) is 5.57. The molecule has 1 aliphatic rings. The molecule has 1 fully saturated rings. The number of rotatable bonds is 8. The summed E-state index contributed by atoms with van der Waals surface area (Å²) < 4.78 is 11.1. The van der Waals surface area contributed by atoms with Crippen LogP contribution in [-0.2, 0) is 9.53 Å². The molecule has 1 amide bonds. The van der Waals surface area contributed by atoms with Gasteiger partial charge < -0.3 is 14.5 Å². The minimum absolute atomic E-state index is 0.0414. The normalized spacial score (nSPS) is 17.4. The number of furan rings is 1. The molecule has 0 radical (unpaired) electrons. The third kappa shape index (κ3) is 5.46. The van der Waals surface area contributed by atoms with E-state index in [9.17, 15) is 4.79 Å². The van der Waals surface area contributed by atoms with E-state index in [4.69, 9.17) is 9.15 Å². The number of hydrogen-bond acceptors (Lipinski definition) is 4. The molecule has 2 aromatic rings. The second-order valence-electron chi connectivity index (χ2n) is 7.95. The first-order chi connectivity index (χ1) is 13.5. The van der Waals surface area contributed by atoms with Gasteiger partial charge in [-0.25, -0.2) is 0 Å². The summed E-state index contributed by atoms with van der Waals surface area (Å²) in [6.07, 6.45) is 2.19. The Morgan fingerprint density at radius 2 is 1.86 bits per heavy atom. The van der Waals surface area contributed by atoms with E-state index in [2.05, 4.69) is 55.3 Å². The maximum atomic E-state index is 12.8. The van der Waals surface area contributed by atoms with Crippen LogP contribution in [0.2, 0.25) is 0 Å². The predicted octanol–water partition coefficient (Wildman–Crippen LogP) is 3.91. The Morgan fingerprint density at radius 1 is 1.14 bits per heavy atom. The molecule has 1 saturated heterocycles. The Kier molecular flexibility index (Phi) is 7.29. The van der Waals surface area contributed by atoms with Crippen LogP contribution in [0.25, 0.3) is 0 Å². The minimum Gasteiger partial charge on any atom is -0.468 e. The number of carbonyl (C=O) groups excluding carboxylic acids is 1. The highest BCUT2D eigenvalue weighted by Crippen LogP contribution is 2.28. The van der Waals surface area contributed by atoms with Gasteiger partial charge in [0, 0.05) is 26.1 Å². The zero-order chi connectivity index (χ0) is 19.9. The number of benzene rings is 1. The molecule has 152 valence electrons. The van der Waals surface area contributed by atoms with E-state index in [1.807, 2.05) is 12.1 Å². The summed E-state index contributed by atoms with van der Waals surface area (Å²) in [5.41, 5.74) is 2.47. The maximum absolute atomic E-state index is 12.8. The lowest BCUT2D eigenvalue weighted by Crippen LogP contribution is -2.43. The Balaban J connectivity index is 1.62. The fourth-order valence-corrected chi connectivity index (χ4v) is 3.81. The van der Waals surface area contributed by atoms with Gasteiger partial charge in [-0.15, -0.1) is 0 Å². The molecule has 0 spiro atoms. The third-order valence-corrected chi connectivity index (χ3v) is 5.57. The molecule has 3 rings (SSSR count). The average Bonchev–Trinajstić information content (AvgIpc) is 3.22. The lowest BCUT2D eigenvalue weighted by atomic mass is 9.85. The average molecular weight is 385 g/mol. The molecule has 1 aliphatic heterocycles. The fourth-order valence-electron chi connectivity index (χ4n) is 3.81. The van der Waals surface area contributed by atoms with Crippen molar-refractivity contribution in [3.05, 3.63) is 59.5 Å². The van der Waals surface area contributed by atoms with Crippen LogP contribution in [0.4, 0.5) is 0 Å². The van der Waals surface area contributed by atoms with E-state index in [-0.39, 0.29) is 17.9 Å². The van der Waals surface area contributed by atoms with Gasteiger partial charge in [0.1, 0.15) is 5.76 Å². The highest BCUT2D eigenvalue weighted by molar-refractivity contribution is 5.77. The number of nitrogens with zero attached hydrogens (tertiary/aromatic N) is 1. The van der Waals surface area contributed by atoms with Gasteiger partial charge in [0.05, 0.1) is 25.5 Å². The zero-order valence-electron chi connectivity index (χ0n) is 17.2. The van der Waals surface area contributed by atoms with Crippen molar-refractivity contribution in [3.8, 4) is 0 Å². The maximum Gasteiger partial charge on any atom is 0.220 e. The van der Waals surface area contributed by atoms with Crippen molar-refractivity contribution in [2.45, 2.75) is 39.2 Å². The molecule has 0 bridgehead atoms. The Labute approximate surface area is 168 Å². The van der Waals surface area contributed by atoms with Gasteiger partial charge in [0.2, 0.25) is 5.91 Å². The number of ether oxygens (including phenoxy) is 1. The summed E-state index contributed by atoms with van der Waals surface area (Å²) in [7, 11) is 0. The first kappa shape index (κ1) is 20.6. The summed E-state index contributed by atoms with van der Waals surface area (Å²) in [5.74, 6) is 1.59. The van der Waals surface area contributed by atoms with Crippen molar-refractivity contribution >= 4 is 5.91 Å². The first-order valence-corrected chi connectivity index (χ1v) is 10.2. The smallest absolute Gasteiger partial charge is 0.220 e. The number of amides is 1. The van der Waals surface area contributed by atoms with Crippen LogP contribution in [-0.4, -0.2) is 43.7 Å². The number of aryl methyl sites for hydroxylation is 1. The van der Waals surface area contributed by atoms with Crippen LogP contribution in [0, 0.1) is 12.8 Å². The summed E-state index contributed by atoms with van der Waals surface area (Å²) in [6, 6.07) is 12.5. The van der Waals surface area contributed by atoms with Crippen LogP contribution >= 0.6 is 0 Å². The van der Waals surface area contributed by atoms with Gasteiger partial charge in [-0.1, -0.05) is 43.7 Å². The fraction of sp³-hybridized carbons (Fsp3) is 0.522. The van der Waals surface area contributed by atoms with Crippen molar-refractivity contribution in [3.63, 3.8) is 0 Å². The zero-order valence-corrected chi connectivity index (χ0v) is 17.2. The number of morpholine rings is 1. The van der Waals surface area contributed by atoms with Crippen LogP contribution in [0.3, 0.4) is 0 Å². The van der Waals surface area contributed by atoms with Gasteiger partial charge in [-0.2, -0.15) is 0 Å². The van der Waals surface area contributed by atoms with E-state index >= 15 is 0 Å². The minimum atomic E-state index is 0.0414. The molecule has 28 heavy (non-hydrogen) atoms. The van der Waals surface area contributed by atoms with Crippen LogP contribution in [0.1, 0.15) is 49.1 Å². The van der Waals surface area contributed by atoms with Gasteiger partial charge in [0.15, 0.2) is 0 Å². The molecule has 0 aliphatic carbocycles. The lowest BCUT2D eigenvalue weighted by molar-refractivity contribution is -0.122. The van der Waals surface area contributed by atoms with E-state index in [1.54, 1.807) is 6.26 Å². The van der Waals surface area contributed by atoms with E-state index in [1.165, 1.54) is 11.1 Å². The van der Waals surface area contributed by atoms with E-state index < -0.39 is 0 Å². The van der Waals surface area contributed by atoms with Crippen LogP contribution in [0.15, 0.2) is 47.1 Å². The van der Waals surface area contributed by atoms with Crippen molar-refractivity contribution in [2.75, 3.05) is 32.8 Å². The molecule has 2 unspecified atom stereocenters. The summed E-state index contributed by atoms with van der Waals surface area (Å²) in [5, 5.41) is 3.15. The molecule has 1 aromatic heterocycles. The standard InChI is InChI=1S/C23H32N2O3/c1-17(2)20(19-8-6-18(3)7-9-19)15-23(26)24-16-21(22-5-4-12-28-22)25-10-13-27-14-11-25/h4-9,12,17,20-21H,10-11,13-16H2,1-3H3,(H,24,26). The number of hydrogen-bond donors (Lipinski definition) is 1. The second-order valence-corrected chi connectivity index (χ2v) is 7.95. The molecular weight excluding hydrogens is 352 g/mol.